The van der Waals surface area contributed by atoms with Crippen molar-refractivity contribution in [1.29, 1.82) is 0 Å². The van der Waals surface area contributed by atoms with Gasteiger partial charge in [-0.2, -0.15) is 0 Å². The number of nitrogens with one attached hydrogen (secondary N) is 2. The first-order chi connectivity index (χ1) is 11.0. The first kappa shape index (κ1) is 19.5. The van der Waals surface area contributed by atoms with Gasteiger partial charge >= 0.3 is 17.8 Å². The summed E-state index contributed by atoms with van der Waals surface area (Å²) in [6.07, 6.45) is 1.03. The summed E-state index contributed by atoms with van der Waals surface area (Å²) in [5, 5.41) is 11.5. The molecule has 0 aromatic carbocycles. The fourth-order valence-corrected chi connectivity index (χ4v) is 1.96. The molecule has 1 heterocycles. The minimum absolute atomic E-state index is 0.110. The molecule has 1 aromatic heterocycles. The van der Waals surface area contributed by atoms with Gasteiger partial charge in [-0.25, -0.2) is 14.4 Å². The molecule has 0 aliphatic carbocycles. The van der Waals surface area contributed by atoms with Crippen molar-refractivity contribution in [3.63, 3.8) is 0 Å². The molecule has 0 aliphatic rings. The van der Waals surface area contributed by atoms with Gasteiger partial charge in [-0.1, -0.05) is 0 Å². The highest BCUT2D eigenvalue weighted by Crippen LogP contribution is 2.08. The van der Waals surface area contributed by atoms with E-state index in [-0.39, 0.29) is 13.0 Å². The number of aromatic amines is 1. The molecule has 1 amide bonds. The monoisotopic (exact) mass is 341 g/mol. The van der Waals surface area contributed by atoms with E-state index in [1.54, 1.807) is 27.7 Å². The highest BCUT2D eigenvalue weighted by molar-refractivity contribution is 5.79. The van der Waals surface area contributed by atoms with E-state index < -0.39 is 35.0 Å². The van der Waals surface area contributed by atoms with Crippen LogP contribution in [-0.4, -0.2) is 38.4 Å². The third kappa shape index (κ3) is 6.27. The van der Waals surface area contributed by atoms with Gasteiger partial charge in [0.05, 0.1) is 0 Å². The van der Waals surface area contributed by atoms with Gasteiger partial charge in [-0.3, -0.25) is 9.78 Å². The number of H-pyrrole nitrogens is 1. The normalized spacial score (nSPS) is 12.5. The van der Waals surface area contributed by atoms with Gasteiger partial charge < -0.3 is 19.7 Å². The van der Waals surface area contributed by atoms with Crippen LogP contribution in [0, 0.1) is 6.92 Å². The Kier molecular flexibility index (Phi) is 6.33. The van der Waals surface area contributed by atoms with Crippen molar-refractivity contribution in [1.82, 2.24) is 14.9 Å². The largest absolute Gasteiger partial charge is 0.480 e. The average Bonchev–Trinajstić information content (AvgIpc) is 2.41. The number of aromatic nitrogens is 2. The van der Waals surface area contributed by atoms with Crippen molar-refractivity contribution in [2.45, 2.75) is 58.7 Å². The summed E-state index contributed by atoms with van der Waals surface area (Å²) in [6.45, 7) is 6.81. The molecular weight excluding hydrogens is 318 g/mol. The molecule has 1 rings (SSSR count). The van der Waals surface area contributed by atoms with E-state index in [1.807, 2.05) is 0 Å². The third-order valence-corrected chi connectivity index (χ3v) is 3.07. The Hall–Kier alpha value is -2.58. The minimum Gasteiger partial charge on any atom is -0.480 e. The predicted molar refractivity (Wildman–Crippen MR) is 86.1 cm³/mol. The molecule has 134 valence electrons. The minimum atomic E-state index is -1.19. The van der Waals surface area contributed by atoms with Crippen molar-refractivity contribution < 1.29 is 19.4 Å². The molecule has 9 heteroatoms. The van der Waals surface area contributed by atoms with E-state index in [2.05, 4.69) is 10.3 Å². The smallest absolute Gasteiger partial charge is 0.408 e. The standard InChI is InChI=1S/C15H23N3O6/c1-9-8-18(13(22)17-11(9)19)7-5-6-10(12(20)21)16-14(23)24-15(2,3)4/h8,10H,5-7H2,1-4H3,(H,16,23)(H,20,21)(H,17,19,22)/t10-/m0/s1. The van der Waals surface area contributed by atoms with E-state index in [0.717, 1.165) is 0 Å². The van der Waals surface area contributed by atoms with Gasteiger partial charge in [0.15, 0.2) is 0 Å². The molecule has 24 heavy (non-hydrogen) atoms. The highest BCUT2D eigenvalue weighted by atomic mass is 16.6. The molecule has 0 fully saturated rings. The summed E-state index contributed by atoms with van der Waals surface area (Å²) in [6, 6.07) is -1.13. The number of aliphatic carboxylic acids is 1. The second kappa shape index (κ2) is 7.80. The van der Waals surface area contributed by atoms with Crippen molar-refractivity contribution in [2.24, 2.45) is 0 Å². The van der Waals surface area contributed by atoms with Crippen LogP contribution in [0.1, 0.15) is 39.2 Å². The number of carbonyl (C=O) groups is 2. The maximum absolute atomic E-state index is 11.7. The molecule has 0 unspecified atom stereocenters. The number of aryl methyl sites for hydroxylation is 2. The van der Waals surface area contributed by atoms with Gasteiger partial charge in [0.25, 0.3) is 5.56 Å². The molecule has 0 saturated carbocycles. The number of ether oxygens (including phenoxy) is 1. The summed E-state index contributed by atoms with van der Waals surface area (Å²) < 4.78 is 6.32. The van der Waals surface area contributed by atoms with Gasteiger partial charge in [0.2, 0.25) is 0 Å². The van der Waals surface area contributed by atoms with Crippen molar-refractivity contribution in [3.05, 3.63) is 32.6 Å². The van der Waals surface area contributed by atoms with Gasteiger partial charge in [-0.15, -0.1) is 0 Å². The Morgan fingerprint density at radius 2 is 2.00 bits per heavy atom. The lowest BCUT2D eigenvalue weighted by Crippen LogP contribution is -2.43. The van der Waals surface area contributed by atoms with Crippen LogP contribution in [0.15, 0.2) is 15.8 Å². The molecule has 1 aromatic rings. The zero-order chi connectivity index (χ0) is 18.5. The van der Waals surface area contributed by atoms with E-state index in [0.29, 0.717) is 12.0 Å². The van der Waals surface area contributed by atoms with Crippen LogP contribution < -0.4 is 16.6 Å². The first-order valence-corrected chi connectivity index (χ1v) is 7.52. The van der Waals surface area contributed by atoms with Crippen LogP contribution in [0.4, 0.5) is 4.79 Å². The first-order valence-electron chi connectivity index (χ1n) is 7.52. The highest BCUT2D eigenvalue weighted by Gasteiger charge is 2.23. The van der Waals surface area contributed by atoms with Crippen LogP contribution in [-0.2, 0) is 16.1 Å². The lowest BCUT2D eigenvalue weighted by molar-refractivity contribution is -0.139. The molecule has 0 bridgehead atoms. The Balaban J connectivity index is 2.63. The number of carbonyl (C=O) groups excluding carboxylic acids is 1. The van der Waals surface area contributed by atoms with Gasteiger partial charge in [-0.05, 0) is 40.5 Å². The SMILES string of the molecule is Cc1cn(CCC[C@H](NC(=O)OC(C)(C)C)C(=O)O)c(=O)[nH]c1=O. The zero-order valence-corrected chi connectivity index (χ0v) is 14.2. The maximum atomic E-state index is 11.7. The summed E-state index contributed by atoms with van der Waals surface area (Å²) in [5.41, 5.74) is -1.35. The Morgan fingerprint density at radius 3 is 2.54 bits per heavy atom. The number of alkyl carbamates (subject to hydrolysis) is 1. The van der Waals surface area contributed by atoms with E-state index in [4.69, 9.17) is 9.84 Å². The maximum Gasteiger partial charge on any atom is 0.408 e. The zero-order valence-electron chi connectivity index (χ0n) is 14.2. The molecule has 3 N–H and O–H groups in total. The molecule has 1 atom stereocenters. The number of carboxylic acids is 1. The summed E-state index contributed by atoms with van der Waals surface area (Å²) in [5.74, 6) is -1.19. The fourth-order valence-electron chi connectivity index (χ4n) is 1.96. The Morgan fingerprint density at radius 1 is 1.38 bits per heavy atom. The lowest BCUT2D eigenvalue weighted by atomic mass is 10.1. The number of amides is 1. The number of rotatable bonds is 6. The van der Waals surface area contributed by atoms with Crippen LogP contribution in [0.25, 0.3) is 0 Å². The van der Waals surface area contributed by atoms with Gasteiger partial charge in [0.1, 0.15) is 11.6 Å². The number of hydrogen-bond donors (Lipinski definition) is 3. The summed E-state index contributed by atoms with van der Waals surface area (Å²) in [7, 11) is 0. The number of carboxylic acid groups (broad SMARTS) is 1. The van der Waals surface area contributed by atoms with Crippen LogP contribution >= 0.6 is 0 Å². The van der Waals surface area contributed by atoms with Gasteiger partial charge in [0, 0.05) is 18.3 Å². The number of nitrogens with zero attached hydrogens (tertiary/aromatic N) is 1. The molecule has 0 aliphatic heterocycles. The Labute approximate surface area is 138 Å². The van der Waals surface area contributed by atoms with Crippen molar-refractivity contribution >= 4 is 12.1 Å². The molecule has 0 radical (unpaired) electrons. The van der Waals surface area contributed by atoms with E-state index >= 15 is 0 Å². The second-order valence-corrected chi connectivity index (χ2v) is 6.44. The lowest BCUT2D eigenvalue weighted by Gasteiger charge is -2.22. The third-order valence-electron chi connectivity index (χ3n) is 3.07. The molecular formula is C15H23N3O6. The number of hydrogen-bond acceptors (Lipinski definition) is 5. The average molecular weight is 341 g/mol. The molecule has 0 spiro atoms. The Bertz CT molecular complexity index is 713. The van der Waals surface area contributed by atoms with Crippen LogP contribution in [0.5, 0.6) is 0 Å². The van der Waals surface area contributed by atoms with E-state index in [1.165, 1.54) is 10.8 Å². The second-order valence-electron chi connectivity index (χ2n) is 6.44. The summed E-state index contributed by atoms with van der Waals surface area (Å²) in [4.78, 5) is 48.0. The molecule has 0 saturated heterocycles. The fraction of sp³-hybridized carbons (Fsp3) is 0.600. The van der Waals surface area contributed by atoms with Crippen molar-refractivity contribution in [3.8, 4) is 0 Å². The van der Waals surface area contributed by atoms with Crippen LogP contribution in [0.3, 0.4) is 0 Å². The quantitative estimate of drug-likeness (QED) is 0.694. The molecule has 9 nitrogen and oxygen atoms in total. The predicted octanol–water partition coefficient (Wildman–Crippen LogP) is 0.603. The van der Waals surface area contributed by atoms with E-state index in [9.17, 15) is 19.2 Å². The topological polar surface area (TPSA) is 130 Å². The van der Waals surface area contributed by atoms with Crippen molar-refractivity contribution in [2.75, 3.05) is 0 Å². The van der Waals surface area contributed by atoms with Crippen LogP contribution in [0.2, 0.25) is 0 Å². The summed E-state index contributed by atoms with van der Waals surface area (Å²) >= 11 is 0.